The Kier molecular flexibility index (Phi) is 8.94. The zero-order valence-electron chi connectivity index (χ0n) is 21.4. The van der Waals surface area contributed by atoms with Crippen molar-refractivity contribution < 1.29 is 19.1 Å². The number of carbonyl (C=O) groups excluding carboxylic acids is 2. The summed E-state index contributed by atoms with van der Waals surface area (Å²) in [7, 11) is 3.17. The summed E-state index contributed by atoms with van der Waals surface area (Å²) in [5.41, 5.74) is 3.78. The van der Waals surface area contributed by atoms with Crippen molar-refractivity contribution in [3.63, 3.8) is 0 Å². The van der Waals surface area contributed by atoms with Crippen LogP contribution in [0.3, 0.4) is 0 Å². The molecule has 0 aliphatic carbocycles. The molecule has 1 heterocycles. The summed E-state index contributed by atoms with van der Waals surface area (Å²) in [5.74, 6) is 0.341. The van der Waals surface area contributed by atoms with Crippen LogP contribution in [0, 0.1) is 0 Å². The van der Waals surface area contributed by atoms with Crippen LogP contribution in [-0.4, -0.2) is 67.1 Å². The van der Waals surface area contributed by atoms with Crippen LogP contribution in [0.25, 0.3) is 10.9 Å². The molecule has 192 valence electrons. The molecule has 7 nitrogen and oxygen atoms in total. The maximum absolute atomic E-state index is 13.6. The van der Waals surface area contributed by atoms with Crippen molar-refractivity contribution >= 4 is 22.7 Å². The van der Waals surface area contributed by atoms with Crippen LogP contribution in [0.4, 0.5) is 0 Å². The summed E-state index contributed by atoms with van der Waals surface area (Å²) in [5, 5.41) is 1.16. The van der Waals surface area contributed by atoms with Crippen LogP contribution < -0.4 is 4.74 Å². The van der Waals surface area contributed by atoms with E-state index in [1.54, 1.807) is 43.4 Å². The topological polar surface area (TPSA) is 74.9 Å². The number of hydrogen-bond acceptors (Lipinski definition) is 4. The lowest BCUT2D eigenvalue weighted by atomic mass is 10.1. The number of H-pyrrole nitrogens is 1. The van der Waals surface area contributed by atoms with Gasteiger partial charge in [0.1, 0.15) is 12.3 Å². The van der Waals surface area contributed by atoms with Gasteiger partial charge in [-0.2, -0.15) is 0 Å². The zero-order valence-corrected chi connectivity index (χ0v) is 21.4. The van der Waals surface area contributed by atoms with Crippen molar-refractivity contribution in [2.75, 3.05) is 40.5 Å². The largest absolute Gasteiger partial charge is 0.497 e. The molecule has 0 bridgehead atoms. The maximum atomic E-state index is 13.6. The highest BCUT2D eigenvalue weighted by molar-refractivity contribution is 5.96. The van der Waals surface area contributed by atoms with Crippen molar-refractivity contribution in [3.8, 4) is 5.75 Å². The van der Waals surface area contributed by atoms with E-state index in [0.717, 1.165) is 22.0 Å². The average Bonchev–Trinajstić information content (AvgIpc) is 3.36. The van der Waals surface area contributed by atoms with Gasteiger partial charge in [0.05, 0.1) is 13.7 Å². The number of nitrogens with one attached hydrogen (secondary N) is 1. The molecule has 4 aromatic rings. The van der Waals surface area contributed by atoms with Gasteiger partial charge in [-0.1, -0.05) is 48.5 Å². The second-order valence-electron chi connectivity index (χ2n) is 8.86. The molecule has 0 atom stereocenters. The number of nitrogens with zero attached hydrogens (tertiary/aromatic N) is 2. The standard InChI is InChI=1S/C30H33N3O4/c1-36-19-18-33(30(35)24-12-14-26(37-2)15-13-24)22-29(34)32(21-23-8-4-3-5-9-23)17-16-25-20-31-28-11-7-6-10-27(25)28/h3-15,20,31H,16-19,21-22H2,1-2H3. The minimum atomic E-state index is -0.218. The number of aromatic amines is 1. The molecule has 0 aliphatic rings. The van der Waals surface area contributed by atoms with Gasteiger partial charge in [0.2, 0.25) is 5.91 Å². The van der Waals surface area contributed by atoms with Crippen LogP contribution in [0.5, 0.6) is 5.75 Å². The average molecular weight is 500 g/mol. The first-order chi connectivity index (χ1) is 18.1. The summed E-state index contributed by atoms with van der Waals surface area (Å²) < 4.78 is 10.4. The maximum Gasteiger partial charge on any atom is 0.254 e. The molecule has 4 rings (SSSR count). The van der Waals surface area contributed by atoms with Crippen LogP contribution in [0.1, 0.15) is 21.5 Å². The molecule has 0 aliphatic heterocycles. The van der Waals surface area contributed by atoms with Gasteiger partial charge in [-0.05, 0) is 47.9 Å². The number of benzene rings is 3. The summed E-state index contributed by atoms with van der Waals surface area (Å²) in [4.78, 5) is 33.6. The predicted molar refractivity (Wildman–Crippen MR) is 145 cm³/mol. The van der Waals surface area contributed by atoms with E-state index in [1.165, 1.54) is 0 Å². The third kappa shape index (κ3) is 6.77. The molecule has 0 saturated heterocycles. The Morgan fingerprint density at radius 1 is 0.838 bits per heavy atom. The number of fused-ring (bicyclic) bond motifs is 1. The lowest BCUT2D eigenvalue weighted by Gasteiger charge is -2.28. The van der Waals surface area contributed by atoms with E-state index in [-0.39, 0.29) is 18.4 Å². The molecule has 1 N–H and O–H groups in total. The molecule has 7 heteroatoms. The van der Waals surface area contributed by atoms with Crippen molar-refractivity contribution in [1.29, 1.82) is 0 Å². The van der Waals surface area contributed by atoms with E-state index < -0.39 is 0 Å². The number of para-hydroxylation sites is 1. The lowest BCUT2D eigenvalue weighted by Crippen LogP contribution is -2.44. The van der Waals surface area contributed by atoms with E-state index in [0.29, 0.717) is 44.0 Å². The second-order valence-corrected chi connectivity index (χ2v) is 8.86. The fourth-order valence-corrected chi connectivity index (χ4v) is 4.32. The van der Waals surface area contributed by atoms with Crippen LogP contribution in [-0.2, 0) is 22.5 Å². The Labute approximate surface area is 217 Å². The van der Waals surface area contributed by atoms with Gasteiger partial charge < -0.3 is 24.3 Å². The molecule has 2 amide bonds. The highest BCUT2D eigenvalue weighted by Crippen LogP contribution is 2.19. The second kappa shape index (κ2) is 12.7. The first-order valence-electron chi connectivity index (χ1n) is 12.4. The van der Waals surface area contributed by atoms with E-state index in [2.05, 4.69) is 11.1 Å². The van der Waals surface area contributed by atoms with Gasteiger partial charge in [0, 0.05) is 49.4 Å². The number of aromatic nitrogens is 1. The van der Waals surface area contributed by atoms with Gasteiger partial charge in [-0.3, -0.25) is 9.59 Å². The highest BCUT2D eigenvalue weighted by Gasteiger charge is 2.23. The molecule has 0 spiro atoms. The predicted octanol–water partition coefficient (Wildman–Crippen LogP) is 4.54. The number of methoxy groups -OCH3 is 2. The van der Waals surface area contributed by atoms with Crippen molar-refractivity contribution in [2.24, 2.45) is 0 Å². The van der Waals surface area contributed by atoms with Crippen molar-refractivity contribution in [3.05, 3.63) is 102 Å². The van der Waals surface area contributed by atoms with E-state index in [1.807, 2.05) is 59.6 Å². The van der Waals surface area contributed by atoms with Gasteiger partial charge in [-0.15, -0.1) is 0 Å². The van der Waals surface area contributed by atoms with Crippen LogP contribution in [0.15, 0.2) is 85.1 Å². The fraction of sp³-hybridized carbons (Fsp3) is 0.267. The minimum absolute atomic E-state index is 0.0328. The molecule has 3 aromatic carbocycles. The molecular weight excluding hydrogens is 466 g/mol. The van der Waals surface area contributed by atoms with Crippen molar-refractivity contribution in [2.45, 2.75) is 13.0 Å². The van der Waals surface area contributed by atoms with Crippen LogP contribution >= 0.6 is 0 Å². The first-order valence-corrected chi connectivity index (χ1v) is 12.4. The molecule has 0 fully saturated rings. The summed E-state index contributed by atoms with van der Waals surface area (Å²) in [6.07, 6.45) is 2.71. The van der Waals surface area contributed by atoms with E-state index in [4.69, 9.17) is 9.47 Å². The highest BCUT2D eigenvalue weighted by atomic mass is 16.5. The minimum Gasteiger partial charge on any atom is -0.497 e. The number of ether oxygens (including phenoxy) is 2. The van der Waals surface area contributed by atoms with Gasteiger partial charge in [0.15, 0.2) is 0 Å². The summed E-state index contributed by atoms with van der Waals surface area (Å²) in [6, 6.07) is 25.0. The zero-order chi connectivity index (χ0) is 26.0. The molecule has 0 saturated carbocycles. The van der Waals surface area contributed by atoms with E-state index in [9.17, 15) is 9.59 Å². The SMILES string of the molecule is COCCN(CC(=O)N(CCc1c[nH]c2ccccc12)Cc1ccccc1)C(=O)c1ccc(OC)cc1. The third-order valence-electron chi connectivity index (χ3n) is 6.41. The Bertz CT molecular complexity index is 1300. The summed E-state index contributed by atoms with van der Waals surface area (Å²) >= 11 is 0. The number of rotatable bonds is 12. The van der Waals surface area contributed by atoms with Crippen LogP contribution in [0.2, 0.25) is 0 Å². The van der Waals surface area contributed by atoms with Gasteiger partial charge in [0.25, 0.3) is 5.91 Å². The first kappa shape index (κ1) is 26.0. The molecule has 1 aromatic heterocycles. The number of amides is 2. The van der Waals surface area contributed by atoms with E-state index >= 15 is 0 Å². The smallest absolute Gasteiger partial charge is 0.254 e. The molecular formula is C30H33N3O4. The Morgan fingerprint density at radius 3 is 2.30 bits per heavy atom. The Balaban J connectivity index is 1.52. The lowest BCUT2D eigenvalue weighted by molar-refractivity contribution is -0.132. The number of hydrogen-bond donors (Lipinski definition) is 1. The Morgan fingerprint density at radius 2 is 1.57 bits per heavy atom. The van der Waals surface area contributed by atoms with Gasteiger partial charge >= 0.3 is 0 Å². The normalized spacial score (nSPS) is 10.9. The quantitative estimate of drug-likeness (QED) is 0.311. The molecule has 37 heavy (non-hydrogen) atoms. The Hall–Kier alpha value is -4.10. The fourth-order valence-electron chi connectivity index (χ4n) is 4.32. The van der Waals surface area contributed by atoms with Gasteiger partial charge in [-0.25, -0.2) is 0 Å². The third-order valence-corrected chi connectivity index (χ3v) is 6.41. The number of carbonyl (C=O) groups is 2. The van der Waals surface area contributed by atoms with Crippen molar-refractivity contribution in [1.82, 2.24) is 14.8 Å². The summed E-state index contributed by atoms with van der Waals surface area (Å²) in [6.45, 7) is 1.62. The monoisotopic (exact) mass is 499 g/mol. The molecule has 0 radical (unpaired) electrons. The molecule has 0 unspecified atom stereocenters.